The number of carbonyl (C=O) groups excluding carboxylic acids is 1. The van der Waals surface area contributed by atoms with E-state index in [0.29, 0.717) is 24.5 Å². The summed E-state index contributed by atoms with van der Waals surface area (Å²) in [7, 11) is 1.37. The smallest absolute Gasteiger partial charge is 0.305 e. The Hall–Kier alpha value is -1.36. The van der Waals surface area contributed by atoms with Gasteiger partial charge in [0.15, 0.2) is 0 Å². The predicted molar refractivity (Wildman–Crippen MR) is 63.2 cm³/mol. The summed E-state index contributed by atoms with van der Waals surface area (Å²) >= 11 is 0. The van der Waals surface area contributed by atoms with Gasteiger partial charge in [-0.3, -0.25) is 4.79 Å². The van der Waals surface area contributed by atoms with E-state index in [1.54, 1.807) is 0 Å². The van der Waals surface area contributed by atoms with E-state index in [0.717, 1.165) is 12.1 Å². The fourth-order valence-electron chi connectivity index (χ4n) is 1.58. The molecule has 1 atom stereocenters. The molecule has 2 N–H and O–H groups in total. The number of nitrogens with zero attached hydrogens (tertiary/aromatic N) is 1. The summed E-state index contributed by atoms with van der Waals surface area (Å²) in [6, 6.07) is 1.71. The minimum Gasteiger partial charge on any atom is -0.469 e. The lowest BCUT2D eigenvalue weighted by atomic mass is 10.0. The van der Waals surface area contributed by atoms with Crippen LogP contribution in [0.5, 0.6) is 0 Å². The zero-order valence-electron chi connectivity index (χ0n) is 10.6. The van der Waals surface area contributed by atoms with Crippen LogP contribution in [0.2, 0.25) is 0 Å². The third kappa shape index (κ3) is 4.56. The molecule has 0 fully saturated rings. The predicted octanol–water partition coefficient (Wildman–Crippen LogP) is 1.83. The maximum absolute atomic E-state index is 11.0. The van der Waals surface area contributed by atoms with Crippen molar-refractivity contribution in [3.8, 4) is 0 Å². The standard InChI is InChI=1S/C12H20N2O3/c1-8(2)6-10(13)11-7-9(17-14-11)4-5-12(15)16-3/h7-8,10H,4-6,13H2,1-3H3. The Labute approximate surface area is 101 Å². The summed E-state index contributed by atoms with van der Waals surface area (Å²) in [5.41, 5.74) is 6.73. The van der Waals surface area contributed by atoms with E-state index in [1.807, 2.05) is 6.07 Å². The Morgan fingerprint density at radius 3 is 2.88 bits per heavy atom. The molecule has 0 radical (unpaired) electrons. The number of aromatic nitrogens is 1. The minimum atomic E-state index is -0.255. The van der Waals surface area contributed by atoms with Crippen LogP contribution in [0.4, 0.5) is 0 Å². The first kappa shape index (κ1) is 13.7. The van der Waals surface area contributed by atoms with Crippen molar-refractivity contribution in [2.45, 2.75) is 39.2 Å². The molecule has 0 aliphatic heterocycles. The monoisotopic (exact) mass is 240 g/mol. The van der Waals surface area contributed by atoms with Crippen LogP contribution in [0.1, 0.15) is 44.2 Å². The van der Waals surface area contributed by atoms with Crippen molar-refractivity contribution in [2.24, 2.45) is 11.7 Å². The van der Waals surface area contributed by atoms with Crippen LogP contribution in [0.25, 0.3) is 0 Å². The topological polar surface area (TPSA) is 78.4 Å². The second-order valence-electron chi connectivity index (χ2n) is 4.53. The number of aryl methyl sites for hydroxylation is 1. The van der Waals surface area contributed by atoms with Gasteiger partial charge in [0.2, 0.25) is 0 Å². The summed E-state index contributed by atoms with van der Waals surface area (Å²) < 4.78 is 9.68. The van der Waals surface area contributed by atoms with Crippen molar-refractivity contribution in [1.82, 2.24) is 5.16 Å². The van der Waals surface area contributed by atoms with Gasteiger partial charge in [-0.15, -0.1) is 0 Å². The van der Waals surface area contributed by atoms with E-state index in [9.17, 15) is 4.79 Å². The van der Waals surface area contributed by atoms with Gasteiger partial charge in [0.1, 0.15) is 11.5 Å². The summed E-state index contributed by atoms with van der Waals surface area (Å²) in [6.07, 6.45) is 1.65. The Morgan fingerprint density at radius 2 is 2.29 bits per heavy atom. The lowest BCUT2D eigenvalue weighted by molar-refractivity contribution is -0.140. The minimum absolute atomic E-state index is 0.106. The highest BCUT2D eigenvalue weighted by Gasteiger charge is 2.14. The molecule has 0 aromatic carbocycles. The molecule has 0 aliphatic carbocycles. The molecular formula is C12H20N2O3. The Kier molecular flexibility index (Phi) is 5.15. The first-order valence-electron chi connectivity index (χ1n) is 5.80. The van der Waals surface area contributed by atoms with E-state index in [2.05, 4.69) is 23.7 Å². The molecule has 0 amide bonds. The average Bonchev–Trinajstić information content (AvgIpc) is 2.73. The highest BCUT2D eigenvalue weighted by molar-refractivity contribution is 5.69. The summed E-state index contributed by atoms with van der Waals surface area (Å²) in [5, 5.41) is 3.92. The average molecular weight is 240 g/mol. The molecular weight excluding hydrogens is 220 g/mol. The van der Waals surface area contributed by atoms with Gasteiger partial charge in [-0.1, -0.05) is 19.0 Å². The summed E-state index contributed by atoms with van der Waals surface area (Å²) in [6.45, 7) is 4.22. The van der Waals surface area contributed by atoms with E-state index >= 15 is 0 Å². The quantitative estimate of drug-likeness (QED) is 0.767. The number of methoxy groups -OCH3 is 1. The number of hydrogen-bond acceptors (Lipinski definition) is 5. The molecule has 0 saturated carbocycles. The van der Waals surface area contributed by atoms with Crippen molar-refractivity contribution in [1.29, 1.82) is 0 Å². The van der Waals surface area contributed by atoms with Crippen LogP contribution in [0.15, 0.2) is 10.6 Å². The van der Waals surface area contributed by atoms with Gasteiger partial charge in [-0.05, 0) is 12.3 Å². The molecule has 96 valence electrons. The van der Waals surface area contributed by atoms with Gasteiger partial charge in [-0.25, -0.2) is 0 Å². The largest absolute Gasteiger partial charge is 0.469 e. The molecule has 0 bridgehead atoms. The Morgan fingerprint density at radius 1 is 1.59 bits per heavy atom. The summed E-state index contributed by atoms with van der Waals surface area (Å²) in [5.74, 6) is 0.930. The van der Waals surface area contributed by atoms with Gasteiger partial charge in [0, 0.05) is 12.5 Å². The molecule has 5 heteroatoms. The molecule has 1 aromatic rings. The fourth-order valence-corrected chi connectivity index (χ4v) is 1.58. The van der Waals surface area contributed by atoms with Crippen LogP contribution in [0.3, 0.4) is 0 Å². The first-order valence-corrected chi connectivity index (χ1v) is 5.80. The molecule has 0 saturated heterocycles. The van der Waals surface area contributed by atoms with Crippen LogP contribution >= 0.6 is 0 Å². The SMILES string of the molecule is COC(=O)CCc1cc(C(N)CC(C)C)no1. The highest BCUT2D eigenvalue weighted by atomic mass is 16.5. The van der Waals surface area contributed by atoms with E-state index in [4.69, 9.17) is 10.3 Å². The van der Waals surface area contributed by atoms with Crippen molar-refractivity contribution < 1.29 is 14.1 Å². The number of hydrogen-bond donors (Lipinski definition) is 1. The second kappa shape index (κ2) is 6.39. The van der Waals surface area contributed by atoms with Crippen LogP contribution in [-0.2, 0) is 16.0 Å². The molecule has 1 heterocycles. The third-order valence-corrected chi connectivity index (χ3v) is 2.49. The number of nitrogens with two attached hydrogens (primary N) is 1. The highest BCUT2D eigenvalue weighted by Crippen LogP contribution is 2.19. The van der Waals surface area contributed by atoms with E-state index in [1.165, 1.54) is 7.11 Å². The lowest BCUT2D eigenvalue weighted by Crippen LogP contribution is -2.13. The van der Waals surface area contributed by atoms with Crippen molar-refractivity contribution in [2.75, 3.05) is 7.11 Å². The van der Waals surface area contributed by atoms with Gasteiger partial charge in [0.25, 0.3) is 0 Å². The second-order valence-corrected chi connectivity index (χ2v) is 4.53. The van der Waals surface area contributed by atoms with Crippen molar-refractivity contribution in [3.63, 3.8) is 0 Å². The number of rotatable bonds is 6. The van der Waals surface area contributed by atoms with Crippen LogP contribution in [0, 0.1) is 5.92 Å². The van der Waals surface area contributed by atoms with Crippen molar-refractivity contribution in [3.05, 3.63) is 17.5 Å². The molecule has 1 unspecified atom stereocenters. The van der Waals surface area contributed by atoms with E-state index in [-0.39, 0.29) is 12.0 Å². The first-order chi connectivity index (χ1) is 8.02. The maximum atomic E-state index is 11.0. The molecule has 1 rings (SSSR count). The van der Waals surface area contributed by atoms with Crippen LogP contribution in [-0.4, -0.2) is 18.2 Å². The number of esters is 1. The number of ether oxygens (including phenoxy) is 1. The normalized spacial score (nSPS) is 12.8. The lowest BCUT2D eigenvalue weighted by Gasteiger charge is -2.09. The van der Waals surface area contributed by atoms with Gasteiger partial charge < -0.3 is 15.0 Å². The van der Waals surface area contributed by atoms with Crippen molar-refractivity contribution >= 4 is 5.97 Å². The van der Waals surface area contributed by atoms with Crippen LogP contribution < -0.4 is 5.73 Å². The Bertz CT molecular complexity index is 360. The molecule has 17 heavy (non-hydrogen) atoms. The molecule has 0 aliphatic rings. The summed E-state index contributed by atoms with van der Waals surface area (Å²) in [4.78, 5) is 11.0. The van der Waals surface area contributed by atoms with Gasteiger partial charge in [0.05, 0.1) is 19.6 Å². The van der Waals surface area contributed by atoms with Gasteiger partial charge >= 0.3 is 5.97 Å². The Balaban J connectivity index is 2.50. The fraction of sp³-hybridized carbons (Fsp3) is 0.667. The zero-order chi connectivity index (χ0) is 12.8. The van der Waals surface area contributed by atoms with E-state index < -0.39 is 0 Å². The zero-order valence-corrected chi connectivity index (χ0v) is 10.6. The number of carbonyl (C=O) groups is 1. The molecule has 0 spiro atoms. The van der Waals surface area contributed by atoms with Gasteiger partial charge in [-0.2, -0.15) is 0 Å². The third-order valence-electron chi connectivity index (χ3n) is 2.49. The molecule has 1 aromatic heterocycles. The molecule has 5 nitrogen and oxygen atoms in total. The maximum Gasteiger partial charge on any atom is 0.305 e.